The first-order chi connectivity index (χ1) is 8.06. The van der Waals surface area contributed by atoms with Gasteiger partial charge in [0.15, 0.2) is 0 Å². The van der Waals surface area contributed by atoms with Crippen molar-refractivity contribution in [3.05, 3.63) is 39.2 Å². The molecule has 2 heterocycles. The maximum absolute atomic E-state index is 5.91. The summed E-state index contributed by atoms with van der Waals surface area (Å²) in [6.07, 6.45) is 1.67. The van der Waals surface area contributed by atoms with E-state index in [9.17, 15) is 0 Å². The molecule has 0 fully saturated rings. The Kier molecular flexibility index (Phi) is 3.54. The number of rotatable bonds is 3. The molecule has 3 N–H and O–H groups in total. The maximum atomic E-state index is 5.91. The van der Waals surface area contributed by atoms with Crippen LogP contribution in [0.3, 0.4) is 0 Å². The van der Waals surface area contributed by atoms with E-state index < -0.39 is 0 Å². The molecule has 0 spiro atoms. The maximum Gasteiger partial charge on any atom is 0.126 e. The van der Waals surface area contributed by atoms with E-state index in [4.69, 9.17) is 17.3 Å². The molecule has 0 aliphatic carbocycles. The highest BCUT2D eigenvalue weighted by molar-refractivity contribution is 7.16. The summed E-state index contributed by atoms with van der Waals surface area (Å²) in [7, 11) is 0. The Morgan fingerprint density at radius 1 is 1.47 bits per heavy atom. The Morgan fingerprint density at radius 3 is 2.82 bits per heavy atom. The first-order valence-corrected chi connectivity index (χ1v) is 6.49. The monoisotopic (exact) mass is 267 g/mol. The SMILES string of the molecule is Cc1cc(NC(C)c2ccc(Cl)s2)ncc1N. The fourth-order valence-corrected chi connectivity index (χ4v) is 2.56. The molecular weight excluding hydrogens is 254 g/mol. The topological polar surface area (TPSA) is 50.9 Å². The van der Waals surface area contributed by atoms with Crippen molar-refractivity contribution in [3.63, 3.8) is 0 Å². The van der Waals surface area contributed by atoms with E-state index in [2.05, 4.69) is 17.2 Å². The first kappa shape index (κ1) is 12.2. The number of thiophene rings is 1. The normalized spacial score (nSPS) is 12.4. The molecule has 0 saturated heterocycles. The van der Waals surface area contributed by atoms with Gasteiger partial charge in [0.1, 0.15) is 5.82 Å². The van der Waals surface area contributed by atoms with Gasteiger partial charge in [-0.15, -0.1) is 11.3 Å². The fourth-order valence-electron chi connectivity index (χ4n) is 1.50. The van der Waals surface area contributed by atoms with Crippen molar-refractivity contribution in [3.8, 4) is 0 Å². The minimum absolute atomic E-state index is 0.183. The molecule has 0 amide bonds. The highest BCUT2D eigenvalue weighted by Crippen LogP contribution is 2.28. The number of aromatic nitrogens is 1. The summed E-state index contributed by atoms with van der Waals surface area (Å²) in [6, 6.07) is 6.06. The van der Waals surface area contributed by atoms with Gasteiger partial charge in [0.2, 0.25) is 0 Å². The largest absolute Gasteiger partial charge is 0.397 e. The molecule has 2 aromatic rings. The van der Waals surface area contributed by atoms with E-state index in [0.717, 1.165) is 15.7 Å². The molecule has 1 unspecified atom stereocenters. The van der Waals surface area contributed by atoms with Crippen molar-refractivity contribution in [1.29, 1.82) is 0 Å². The Morgan fingerprint density at radius 2 is 2.24 bits per heavy atom. The van der Waals surface area contributed by atoms with E-state index >= 15 is 0 Å². The third-order valence-electron chi connectivity index (χ3n) is 2.54. The molecule has 0 aliphatic heterocycles. The number of nitrogens with two attached hydrogens (primary N) is 1. The van der Waals surface area contributed by atoms with Gasteiger partial charge in [-0.05, 0) is 37.6 Å². The minimum Gasteiger partial charge on any atom is -0.397 e. The molecular formula is C12H14ClN3S. The highest BCUT2D eigenvalue weighted by Gasteiger charge is 2.09. The summed E-state index contributed by atoms with van der Waals surface area (Å²) < 4.78 is 0.801. The van der Waals surface area contributed by atoms with E-state index in [1.807, 2.05) is 25.1 Å². The van der Waals surface area contributed by atoms with Crippen molar-refractivity contribution in [2.45, 2.75) is 19.9 Å². The summed E-state index contributed by atoms with van der Waals surface area (Å²) in [6.45, 7) is 4.05. The van der Waals surface area contributed by atoms with Gasteiger partial charge in [-0.1, -0.05) is 11.6 Å². The lowest BCUT2D eigenvalue weighted by atomic mass is 10.2. The molecule has 90 valence electrons. The van der Waals surface area contributed by atoms with Crippen LogP contribution < -0.4 is 11.1 Å². The summed E-state index contributed by atoms with van der Waals surface area (Å²) in [5.41, 5.74) is 7.47. The van der Waals surface area contributed by atoms with Gasteiger partial charge in [0.05, 0.1) is 22.3 Å². The van der Waals surface area contributed by atoms with E-state index in [0.29, 0.717) is 5.69 Å². The minimum atomic E-state index is 0.183. The number of halogens is 1. The third-order valence-corrected chi connectivity index (χ3v) is 3.95. The second-order valence-corrected chi connectivity index (χ2v) is 5.68. The zero-order valence-electron chi connectivity index (χ0n) is 9.70. The first-order valence-electron chi connectivity index (χ1n) is 5.30. The van der Waals surface area contributed by atoms with Crippen molar-refractivity contribution < 1.29 is 0 Å². The number of nitrogens with zero attached hydrogens (tertiary/aromatic N) is 1. The molecule has 0 bridgehead atoms. The third kappa shape index (κ3) is 2.90. The summed E-state index contributed by atoms with van der Waals surface area (Å²) in [5.74, 6) is 0.828. The Labute approximate surface area is 110 Å². The van der Waals surface area contributed by atoms with Gasteiger partial charge >= 0.3 is 0 Å². The molecule has 5 heteroatoms. The number of aryl methyl sites for hydroxylation is 1. The van der Waals surface area contributed by atoms with Crippen LogP contribution in [0.2, 0.25) is 4.34 Å². The number of anilines is 2. The standard InChI is InChI=1S/C12H14ClN3S/c1-7-5-12(15-6-9(7)14)16-8(2)10-3-4-11(13)17-10/h3-6,8H,14H2,1-2H3,(H,15,16). The second kappa shape index (κ2) is 4.94. The number of hydrogen-bond acceptors (Lipinski definition) is 4. The van der Waals surface area contributed by atoms with Crippen LogP contribution in [0.15, 0.2) is 24.4 Å². The Hall–Kier alpha value is -1.26. The highest BCUT2D eigenvalue weighted by atomic mass is 35.5. The average Bonchev–Trinajstić information content (AvgIpc) is 2.70. The number of nitrogen functional groups attached to an aromatic ring is 1. The predicted octanol–water partition coefficient (Wildman–Crippen LogP) is 3.86. The van der Waals surface area contributed by atoms with Crippen LogP contribution in [-0.2, 0) is 0 Å². The lowest BCUT2D eigenvalue weighted by Gasteiger charge is -2.13. The van der Waals surface area contributed by atoms with Gasteiger partial charge in [-0.3, -0.25) is 0 Å². The molecule has 0 radical (unpaired) electrons. The van der Waals surface area contributed by atoms with Crippen molar-refractivity contribution in [2.75, 3.05) is 11.1 Å². The van der Waals surface area contributed by atoms with Crippen LogP contribution in [-0.4, -0.2) is 4.98 Å². The van der Waals surface area contributed by atoms with Gasteiger partial charge in [-0.25, -0.2) is 4.98 Å². The van der Waals surface area contributed by atoms with Gasteiger partial charge in [0, 0.05) is 4.88 Å². The van der Waals surface area contributed by atoms with Crippen molar-refractivity contribution in [1.82, 2.24) is 4.98 Å². The molecule has 0 aromatic carbocycles. The molecule has 17 heavy (non-hydrogen) atoms. The zero-order chi connectivity index (χ0) is 12.4. The number of hydrogen-bond donors (Lipinski definition) is 2. The summed E-state index contributed by atoms with van der Waals surface area (Å²) in [4.78, 5) is 5.43. The van der Waals surface area contributed by atoms with Crippen LogP contribution >= 0.6 is 22.9 Å². The molecule has 2 aromatic heterocycles. The van der Waals surface area contributed by atoms with Crippen LogP contribution in [0.4, 0.5) is 11.5 Å². The fraction of sp³-hybridized carbons (Fsp3) is 0.250. The molecule has 1 atom stereocenters. The molecule has 0 saturated carbocycles. The van der Waals surface area contributed by atoms with Gasteiger partial charge < -0.3 is 11.1 Å². The quantitative estimate of drug-likeness (QED) is 0.888. The second-order valence-electron chi connectivity index (χ2n) is 3.93. The summed E-state index contributed by atoms with van der Waals surface area (Å²) in [5, 5.41) is 3.32. The van der Waals surface area contributed by atoms with Crippen molar-refractivity contribution in [2.24, 2.45) is 0 Å². The van der Waals surface area contributed by atoms with Crippen LogP contribution in [0, 0.1) is 6.92 Å². The smallest absolute Gasteiger partial charge is 0.126 e. The van der Waals surface area contributed by atoms with Crippen LogP contribution in [0.5, 0.6) is 0 Å². The van der Waals surface area contributed by atoms with Crippen LogP contribution in [0.25, 0.3) is 0 Å². The lowest BCUT2D eigenvalue weighted by Crippen LogP contribution is -2.07. The van der Waals surface area contributed by atoms with E-state index in [1.165, 1.54) is 4.88 Å². The van der Waals surface area contributed by atoms with Crippen molar-refractivity contribution >= 4 is 34.4 Å². The molecule has 2 rings (SSSR count). The summed E-state index contributed by atoms with van der Waals surface area (Å²) >= 11 is 7.48. The number of pyridine rings is 1. The lowest BCUT2D eigenvalue weighted by molar-refractivity contribution is 0.896. The van der Waals surface area contributed by atoms with E-state index in [-0.39, 0.29) is 6.04 Å². The Balaban J connectivity index is 2.12. The molecule has 3 nitrogen and oxygen atoms in total. The van der Waals surface area contributed by atoms with E-state index in [1.54, 1.807) is 17.5 Å². The Bertz CT molecular complexity index is 524. The van der Waals surface area contributed by atoms with Crippen LogP contribution in [0.1, 0.15) is 23.4 Å². The number of nitrogens with one attached hydrogen (secondary N) is 1. The van der Waals surface area contributed by atoms with Gasteiger partial charge in [-0.2, -0.15) is 0 Å². The van der Waals surface area contributed by atoms with Gasteiger partial charge in [0.25, 0.3) is 0 Å². The predicted molar refractivity (Wildman–Crippen MR) is 74.8 cm³/mol. The molecule has 0 aliphatic rings. The average molecular weight is 268 g/mol. The zero-order valence-corrected chi connectivity index (χ0v) is 11.3.